The van der Waals surface area contributed by atoms with Crippen LogP contribution in [0.4, 0.5) is 0 Å². The standard InChI is InChI=1S/C13H25NO2/c1-3-11(4-2)16-12-9-13(15-10-12)5-7-14-8-6-13/h11-12,14H,3-10H2,1-2H3. The second-order valence-electron chi connectivity index (χ2n) is 5.14. The first-order chi connectivity index (χ1) is 7.78. The minimum atomic E-state index is 0.141. The molecule has 0 aromatic carbocycles. The summed E-state index contributed by atoms with van der Waals surface area (Å²) >= 11 is 0. The molecular weight excluding hydrogens is 202 g/mol. The van der Waals surface area contributed by atoms with Crippen molar-refractivity contribution in [2.24, 2.45) is 0 Å². The van der Waals surface area contributed by atoms with Crippen molar-refractivity contribution in [3.63, 3.8) is 0 Å². The summed E-state index contributed by atoms with van der Waals surface area (Å²) in [7, 11) is 0. The molecular formula is C13H25NO2. The number of rotatable bonds is 4. The molecule has 0 aromatic rings. The average Bonchev–Trinajstić information content (AvgIpc) is 2.70. The Hall–Kier alpha value is -0.120. The fourth-order valence-corrected chi connectivity index (χ4v) is 2.87. The summed E-state index contributed by atoms with van der Waals surface area (Å²) < 4.78 is 12.1. The lowest BCUT2D eigenvalue weighted by molar-refractivity contribution is -0.0336. The van der Waals surface area contributed by atoms with E-state index in [0.29, 0.717) is 12.2 Å². The predicted octanol–water partition coefficient (Wildman–Crippen LogP) is 2.10. The van der Waals surface area contributed by atoms with Gasteiger partial charge >= 0.3 is 0 Å². The van der Waals surface area contributed by atoms with Crippen LogP contribution in [0, 0.1) is 0 Å². The normalized spacial score (nSPS) is 29.1. The van der Waals surface area contributed by atoms with Gasteiger partial charge in [-0.2, -0.15) is 0 Å². The van der Waals surface area contributed by atoms with Crippen molar-refractivity contribution in [2.45, 2.75) is 63.8 Å². The lowest BCUT2D eigenvalue weighted by Crippen LogP contribution is -2.41. The Kier molecular flexibility index (Phi) is 4.22. The van der Waals surface area contributed by atoms with E-state index in [1.165, 1.54) is 0 Å². The molecule has 0 aliphatic carbocycles. The quantitative estimate of drug-likeness (QED) is 0.798. The molecule has 0 bridgehead atoms. The molecule has 2 saturated heterocycles. The molecule has 2 aliphatic heterocycles. The van der Waals surface area contributed by atoms with Crippen LogP contribution in [-0.4, -0.2) is 37.5 Å². The molecule has 0 saturated carbocycles. The van der Waals surface area contributed by atoms with Gasteiger partial charge in [0.25, 0.3) is 0 Å². The van der Waals surface area contributed by atoms with Crippen LogP contribution in [0.3, 0.4) is 0 Å². The predicted molar refractivity (Wildman–Crippen MR) is 64.6 cm³/mol. The summed E-state index contributed by atoms with van der Waals surface area (Å²) in [6, 6.07) is 0. The van der Waals surface area contributed by atoms with Gasteiger partial charge in [0.15, 0.2) is 0 Å². The third-order valence-corrected chi connectivity index (χ3v) is 3.99. The Morgan fingerprint density at radius 1 is 1.31 bits per heavy atom. The third kappa shape index (κ3) is 2.76. The fraction of sp³-hybridized carbons (Fsp3) is 1.00. The molecule has 0 amide bonds. The first-order valence-corrected chi connectivity index (χ1v) is 6.78. The summed E-state index contributed by atoms with van der Waals surface area (Å²) in [6.07, 6.45) is 6.38. The zero-order valence-electron chi connectivity index (χ0n) is 10.6. The molecule has 2 heterocycles. The highest BCUT2D eigenvalue weighted by Crippen LogP contribution is 2.35. The molecule has 2 fully saturated rings. The highest BCUT2D eigenvalue weighted by Gasteiger charge is 2.41. The Balaban J connectivity index is 1.82. The van der Waals surface area contributed by atoms with Crippen LogP contribution in [0.2, 0.25) is 0 Å². The second-order valence-corrected chi connectivity index (χ2v) is 5.14. The Morgan fingerprint density at radius 3 is 2.62 bits per heavy atom. The van der Waals surface area contributed by atoms with Crippen LogP contribution in [0.15, 0.2) is 0 Å². The van der Waals surface area contributed by atoms with E-state index in [0.717, 1.165) is 51.8 Å². The summed E-state index contributed by atoms with van der Waals surface area (Å²) in [5, 5.41) is 3.39. The Morgan fingerprint density at radius 2 is 2.00 bits per heavy atom. The topological polar surface area (TPSA) is 30.5 Å². The van der Waals surface area contributed by atoms with Crippen LogP contribution < -0.4 is 5.32 Å². The largest absolute Gasteiger partial charge is 0.373 e. The van der Waals surface area contributed by atoms with E-state index in [1.54, 1.807) is 0 Å². The zero-order chi connectivity index (χ0) is 11.4. The molecule has 1 unspecified atom stereocenters. The molecule has 94 valence electrons. The molecule has 2 rings (SSSR count). The van der Waals surface area contributed by atoms with Crippen LogP contribution in [0.5, 0.6) is 0 Å². The van der Waals surface area contributed by atoms with Gasteiger partial charge in [-0.1, -0.05) is 13.8 Å². The van der Waals surface area contributed by atoms with E-state index in [1.807, 2.05) is 0 Å². The molecule has 1 N–H and O–H groups in total. The van der Waals surface area contributed by atoms with Crippen molar-refractivity contribution in [1.82, 2.24) is 5.32 Å². The lowest BCUT2D eigenvalue weighted by atomic mass is 9.89. The van der Waals surface area contributed by atoms with Crippen molar-refractivity contribution >= 4 is 0 Å². The summed E-state index contributed by atoms with van der Waals surface area (Å²) in [5.41, 5.74) is 0.141. The van der Waals surface area contributed by atoms with Gasteiger partial charge in [-0.15, -0.1) is 0 Å². The molecule has 1 atom stereocenters. The fourth-order valence-electron chi connectivity index (χ4n) is 2.87. The number of piperidine rings is 1. The first-order valence-electron chi connectivity index (χ1n) is 6.78. The van der Waals surface area contributed by atoms with Crippen molar-refractivity contribution in [2.75, 3.05) is 19.7 Å². The van der Waals surface area contributed by atoms with Crippen LogP contribution >= 0.6 is 0 Å². The van der Waals surface area contributed by atoms with Gasteiger partial charge in [0.05, 0.1) is 24.4 Å². The highest BCUT2D eigenvalue weighted by molar-refractivity contribution is 4.93. The van der Waals surface area contributed by atoms with E-state index in [-0.39, 0.29) is 5.60 Å². The monoisotopic (exact) mass is 227 g/mol. The summed E-state index contributed by atoms with van der Waals surface area (Å²) in [4.78, 5) is 0. The molecule has 0 aromatic heterocycles. The van der Waals surface area contributed by atoms with Gasteiger partial charge in [0.1, 0.15) is 0 Å². The van der Waals surface area contributed by atoms with E-state index >= 15 is 0 Å². The maximum Gasteiger partial charge on any atom is 0.0840 e. The zero-order valence-corrected chi connectivity index (χ0v) is 10.6. The van der Waals surface area contributed by atoms with Gasteiger partial charge in [-0.05, 0) is 38.8 Å². The summed E-state index contributed by atoms with van der Waals surface area (Å²) in [6.45, 7) is 7.39. The van der Waals surface area contributed by atoms with E-state index < -0.39 is 0 Å². The molecule has 2 aliphatic rings. The van der Waals surface area contributed by atoms with E-state index in [9.17, 15) is 0 Å². The first kappa shape index (κ1) is 12.3. The maximum atomic E-state index is 6.09. The molecule has 0 radical (unpaired) electrons. The Bertz CT molecular complexity index is 210. The van der Waals surface area contributed by atoms with E-state index in [2.05, 4.69) is 19.2 Å². The second kappa shape index (κ2) is 5.48. The van der Waals surface area contributed by atoms with Crippen molar-refractivity contribution < 1.29 is 9.47 Å². The lowest BCUT2D eigenvalue weighted by Gasteiger charge is -2.33. The van der Waals surface area contributed by atoms with E-state index in [4.69, 9.17) is 9.47 Å². The highest BCUT2D eigenvalue weighted by atomic mass is 16.6. The minimum absolute atomic E-state index is 0.141. The SMILES string of the molecule is CCC(CC)OC1COC2(CCNCC2)C1. The number of ether oxygens (including phenoxy) is 2. The average molecular weight is 227 g/mol. The van der Waals surface area contributed by atoms with Crippen molar-refractivity contribution in [1.29, 1.82) is 0 Å². The minimum Gasteiger partial charge on any atom is -0.373 e. The van der Waals surface area contributed by atoms with Gasteiger partial charge < -0.3 is 14.8 Å². The van der Waals surface area contributed by atoms with Gasteiger partial charge in [-0.3, -0.25) is 0 Å². The third-order valence-electron chi connectivity index (χ3n) is 3.99. The molecule has 3 nitrogen and oxygen atoms in total. The number of nitrogens with one attached hydrogen (secondary N) is 1. The van der Waals surface area contributed by atoms with Gasteiger partial charge in [0.2, 0.25) is 0 Å². The summed E-state index contributed by atoms with van der Waals surface area (Å²) in [5.74, 6) is 0. The smallest absolute Gasteiger partial charge is 0.0840 e. The van der Waals surface area contributed by atoms with Crippen LogP contribution in [0.25, 0.3) is 0 Å². The molecule has 16 heavy (non-hydrogen) atoms. The number of hydrogen-bond acceptors (Lipinski definition) is 3. The van der Waals surface area contributed by atoms with Crippen LogP contribution in [0.1, 0.15) is 46.0 Å². The molecule has 3 heteroatoms. The Labute approximate surface area is 98.9 Å². The van der Waals surface area contributed by atoms with Crippen LogP contribution in [-0.2, 0) is 9.47 Å². The van der Waals surface area contributed by atoms with Crippen molar-refractivity contribution in [3.8, 4) is 0 Å². The van der Waals surface area contributed by atoms with Gasteiger partial charge in [0, 0.05) is 6.42 Å². The van der Waals surface area contributed by atoms with Gasteiger partial charge in [-0.25, -0.2) is 0 Å². The maximum absolute atomic E-state index is 6.09. The number of hydrogen-bond donors (Lipinski definition) is 1. The van der Waals surface area contributed by atoms with Crippen molar-refractivity contribution in [3.05, 3.63) is 0 Å². The molecule has 1 spiro atoms.